The molecule has 0 saturated carbocycles. The molecule has 3 aromatic rings. The number of hydrogen-bond donors (Lipinski definition) is 2. The predicted octanol–water partition coefficient (Wildman–Crippen LogP) is 6.02. The molecule has 8 nitrogen and oxygen atoms in total. The third-order valence-corrected chi connectivity index (χ3v) is 5.78. The van der Waals surface area contributed by atoms with Gasteiger partial charge in [-0.25, -0.2) is 4.98 Å². The molecule has 0 spiro atoms. The van der Waals surface area contributed by atoms with Gasteiger partial charge in [-0.15, -0.1) is 0 Å². The summed E-state index contributed by atoms with van der Waals surface area (Å²) in [4.78, 5) is 23.9. The minimum absolute atomic E-state index is 0.107. The molecule has 1 aromatic carbocycles. The van der Waals surface area contributed by atoms with Gasteiger partial charge in [0.2, 0.25) is 5.95 Å². The number of aryl methyl sites for hydroxylation is 1. The molecule has 0 fully saturated rings. The van der Waals surface area contributed by atoms with Gasteiger partial charge in [-0.05, 0) is 64.7 Å². The van der Waals surface area contributed by atoms with Crippen LogP contribution in [0.1, 0.15) is 83.4 Å². The van der Waals surface area contributed by atoms with Crippen molar-refractivity contribution in [3.63, 3.8) is 0 Å². The lowest BCUT2D eigenvalue weighted by molar-refractivity contribution is 0.0940. The molecule has 1 amide bonds. The zero-order chi connectivity index (χ0) is 27.6. The number of fused-ring (bicyclic) bond motifs is 1. The van der Waals surface area contributed by atoms with Crippen LogP contribution in [0.15, 0.2) is 30.3 Å². The van der Waals surface area contributed by atoms with Crippen LogP contribution in [0.3, 0.4) is 0 Å². The number of anilines is 2. The number of carbonyl (C=O) groups is 1. The van der Waals surface area contributed by atoms with Crippen molar-refractivity contribution in [2.45, 2.75) is 79.7 Å². The Morgan fingerprint density at radius 2 is 1.78 bits per heavy atom. The molecule has 0 saturated heterocycles. The number of para-hydroxylation sites is 1. The summed E-state index contributed by atoms with van der Waals surface area (Å²) in [6, 6.07) is 9.92. The zero-order valence-electron chi connectivity index (χ0n) is 24.4. The normalized spacial score (nSPS) is 12.0. The van der Waals surface area contributed by atoms with Gasteiger partial charge in [0.25, 0.3) is 5.91 Å². The number of carbonyl (C=O) groups excluding carboxylic acids is 1. The highest BCUT2D eigenvalue weighted by atomic mass is 16.1. The molecule has 0 radical (unpaired) electrons. The summed E-state index contributed by atoms with van der Waals surface area (Å²) in [5.74, 6) is 1.87. The maximum atomic E-state index is 12.5. The van der Waals surface area contributed by atoms with Crippen LogP contribution in [0, 0.1) is 12.8 Å². The molecule has 0 aliphatic rings. The summed E-state index contributed by atoms with van der Waals surface area (Å²) in [7, 11) is 3.99. The molecule has 8 heteroatoms. The first-order valence-electron chi connectivity index (χ1n) is 13.5. The first-order chi connectivity index (χ1) is 17.5. The molecule has 1 atom stereocenters. The molecule has 0 bridgehead atoms. The Labute approximate surface area is 223 Å². The number of hydrogen-bond acceptors (Lipinski definition) is 6. The number of nitrogens with one attached hydrogen (secondary N) is 2. The van der Waals surface area contributed by atoms with Crippen LogP contribution >= 0.6 is 0 Å². The number of rotatable bonds is 10. The molecule has 2 heterocycles. The first kappa shape index (κ1) is 30.1. The highest BCUT2D eigenvalue weighted by molar-refractivity contribution is 5.92. The minimum atomic E-state index is -0.143. The molecule has 37 heavy (non-hydrogen) atoms. The van der Waals surface area contributed by atoms with Crippen LogP contribution in [0.2, 0.25) is 0 Å². The van der Waals surface area contributed by atoms with Crippen molar-refractivity contribution < 1.29 is 4.79 Å². The minimum Gasteiger partial charge on any atom is -0.362 e. The molecule has 0 unspecified atom stereocenters. The van der Waals surface area contributed by atoms with Gasteiger partial charge in [-0.3, -0.25) is 9.48 Å². The van der Waals surface area contributed by atoms with E-state index in [9.17, 15) is 4.79 Å². The van der Waals surface area contributed by atoms with E-state index in [-0.39, 0.29) is 11.4 Å². The maximum Gasteiger partial charge on any atom is 0.271 e. The first-order valence-corrected chi connectivity index (χ1v) is 13.5. The molecular formula is C29H47N7O. The van der Waals surface area contributed by atoms with Crippen molar-refractivity contribution in [3.8, 4) is 0 Å². The van der Waals surface area contributed by atoms with Crippen molar-refractivity contribution in [2.75, 3.05) is 37.4 Å². The summed E-state index contributed by atoms with van der Waals surface area (Å²) in [5, 5.41) is 11.9. The van der Waals surface area contributed by atoms with E-state index in [0.29, 0.717) is 24.1 Å². The lowest BCUT2D eigenvalue weighted by atomic mass is 10.0. The Hall–Kier alpha value is -3.16. The molecule has 0 aliphatic heterocycles. The van der Waals surface area contributed by atoms with E-state index in [1.54, 1.807) is 0 Å². The Morgan fingerprint density at radius 3 is 2.41 bits per heavy atom. The summed E-state index contributed by atoms with van der Waals surface area (Å²) in [6.07, 6.45) is 4.37. The van der Waals surface area contributed by atoms with E-state index in [4.69, 9.17) is 0 Å². The van der Waals surface area contributed by atoms with Crippen LogP contribution in [0.4, 0.5) is 11.8 Å². The van der Waals surface area contributed by atoms with E-state index < -0.39 is 0 Å². The smallest absolute Gasteiger partial charge is 0.271 e. The fourth-order valence-corrected chi connectivity index (χ4v) is 4.02. The van der Waals surface area contributed by atoms with Gasteiger partial charge in [0.1, 0.15) is 11.5 Å². The number of amides is 1. The van der Waals surface area contributed by atoms with Crippen LogP contribution in [0.25, 0.3) is 10.9 Å². The fraction of sp³-hybridized carbons (Fsp3) is 0.586. The second kappa shape index (κ2) is 14.0. The SMILES string of the molecule is CCC.Cc1cc(C(=O)NC[C@@H](C)CCCCNc2nc(N(C)C)c3ccccc3n2)nn1C(C)(C)C. The van der Waals surface area contributed by atoms with Gasteiger partial charge in [0, 0.05) is 38.3 Å². The van der Waals surface area contributed by atoms with Crippen molar-refractivity contribution in [3.05, 3.63) is 41.7 Å². The Balaban J connectivity index is 0.00000153. The average molecular weight is 510 g/mol. The second-order valence-electron chi connectivity index (χ2n) is 11.0. The third kappa shape index (κ3) is 9.02. The summed E-state index contributed by atoms with van der Waals surface area (Å²) in [5.41, 5.74) is 2.27. The summed E-state index contributed by atoms with van der Waals surface area (Å²) >= 11 is 0. The van der Waals surface area contributed by atoms with E-state index in [2.05, 4.69) is 67.2 Å². The molecule has 2 aromatic heterocycles. The predicted molar refractivity (Wildman–Crippen MR) is 156 cm³/mol. The number of benzene rings is 1. The monoisotopic (exact) mass is 509 g/mol. The lowest BCUT2D eigenvalue weighted by Gasteiger charge is -2.21. The fourth-order valence-electron chi connectivity index (χ4n) is 4.02. The lowest BCUT2D eigenvalue weighted by Crippen LogP contribution is -2.30. The van der Waals surface area contributed by atoms with Gasteiger partial charge in [-0.2, -0.15) is 10.1 Å². The van der Waals surface area contributed by atoms with E-state index in [1.807, 2.05) is 60.9 Å². The quantitative estimate of drug-likeness (QED) is 0.325. The molecule has 204 valence electrons. The topological polar surface area (TPSA) is 88.0 Å². The highest BCUT2D eigenvalue weighted by Gasteiger charge is 2.20. The third-order valence-electron chi connectivity index (χ3n) is 5.78. The van der Waals surface area contributed by atoms with Crippen LogP contribution in [-0.4, -0.2) is 52.8 Å². The van der Waals surface area contributed by atoms with Crippen molar-refractivity contribution in [2.24, 2.45) is 5.92 Å². The molecular weight excluding hydrogens is 462 g/mol. The number of unbranched alkanes of at least 4 members (excludes halogenated alkanes) is 1. The van der Waals surface area contributed by atoms with E-state index >= 15 is 0 Å². The average Bonchev–Trinajstić information content (AvgIpc) is 3.24. The van der Waals surface area contributed by atoms with Crippen molar-refractivity contribution >= 4 is 28.6 Å². The second-order valence-corrected chi connectivity index (χ2v) is 11.0. The molecule has 2 N–H and O–H groups in total. The molecule has 3 rings (SSSR count). The van der Waals surface area contributed by atoms with Crippen molar-refractivity contribution in [1.82, 2.24) is 25.1 Å². The van der Waals surface area contributed by atoms with Gasteiger partial charge < -0.3 is 15.5 Å². The van der Waals surface area contributed by atoms with Gasteiger partial charge in [0.15, 0.2) is 0 Å². The van der Waals surface area contributed by atoms with Crippen LogP contribution in [0.5, 0.6) is 0 Å². The van der Waals surface area contributed by atoms with Crippen LogP contribution in [-0.2, 0) is 5.54 Å². The van der Waals surface area contributed by atoms with Crippen LogP contribution < -0.4 is 15.5 Å². The summed E-state index contributed by atoms with van der Waals surface area (Å²) in [6.45, 7) is 16.1. The summed E-state index contributed by atoms with van der Waals surface area (Å²) < 4.78 is 1.90. The Kier molecular flexibility index (Phi) is 11.3. The number of aromatic nitrogens is 4. The Bertz CT molecular complexity index is 1130. The standard InChI is InChI=1S/C26H39N7O.C3H8/c1-18(17-28-24(34)22-16-19(2)33(31-22)26(3,4)5)12-10-11-15-27-25-29-21-14-9-8-13-20(21)23(30-25)32(6)7;1-3-2/h8-9,13-14,16,18H,10-12,15,17H2,1-7H3,(H,28,34)(H,27,29,30);3H2,1-2H3/t18-;/m0./s1. The molecule has 0 aliphatic carbocycles. The largest absolute Gasteiger partial charge is 0.362 e. The van der Waals surface area contributed by atoms with Gasteiger partial charge >= 0.3 is 0 Å². The maximum absolute atomic E-state index is 12.5. The number of nitrogens with zero attached hydrogens (tertiary/aromatic N) is 5. The van der Waals surface area contributed by atoms with Gasteiger partial charge in [-0.1, -0.05) is 45.7 Å². The van der Waals surface area contributed by atoms with Gasteiger partial charge in [0.05, 0.1) is 11.1 Å². The Morgan fingerprint density at radius 1 is 1.11 bits per heavy atom. The van der Waals surface area contributed by atoms with E-state index in [1.165, 1.54) is 6.42 Å². The zero-order valence-corrected chi connectivity index (χ0v) is 24.4. The van der Waals surface area contributed by atoms with E-state index in [0.717, 1.165) is 48.2 Å². The highest BCUT2D eigenvalue weighted by Crippen LogP contribution is 2.23. The van der Waals surface area contributed by atoms with Crippen molar-refractivity contribution in [1.29, 1.82) is 0 Å².